The molecule has 0 saturated heterocycles. The summed E-state index contributed by atoms with van der Waals surface area (Å²) in [5.74, 6) is -1.60. The molecule has 2 aromatic carbocycles. The van der Waals surface area contributed by atoms with E-state index in [2.05, 4.69) is 31.8 Å². The molecule has 13 heteroatoms. The number of nitrogens with one attached hydrogen (secondary N) is 1. The van der Waals surface area contributed by atoms with Crippen LogP contribution in [0.25, 0.3) is 28.0 Å². The number of aromatic nitrogens is 5. The topological polar surface area (TPSA) is 130 Å². The Morgan fingerprint density at radius 1 is 1.10 bits per heavy atom. The molecule has 3 heterocycles. The number of carbonyl (C=O) groups is 1. The second-order valence-corrected chi connectivity index (χ2v) is 8.75. The summed E-state index contributed by atoms with van der Waals surface area (Å²) in [5.41, 5.74) is 9.13. The summed E-state index contributed by atoms with van der Waals surface area (Å²) in [5, 5.41) is 2.51. The van der Waals surface area contributed by atoms with Gasteiger partial charge in [-0.3, -0.25) is 4.79 Å². The van der Waals surface area contributed by atoms with Crippen LogP contribution in [0.15, 0.2) is 67.6 Å². The van der Waals surface area contributed by atoms with Gasteiger partial charge in [0.25, 0.3) is 0 Å². The third kappa shape index (κ3) is 5.37. The molecule has 0 spiro atoms. The van der Waals surface area contributed by atoms with E-state index in [-0.39, 0.29) is 40.3 Å². The number of ether oxygens (including phenoxy) is 2. The van der Waals surface area contributed by atoms with Gasteiger partial charge in [0.1, 0.15) is 17.6 Å². The van der Waals surface area contributed by atoms with Crippen molar-refractivity contribution >= 4 is 28.4 Å². The molecule has 0 bridgehead atoms. The molecule has 0 aliphatic carbocycles. The van der Waals surface area contributed by atoms with E-state index in [1.165, 1.54) is 42.9 Å². The van der Waals surface area contributed by atoms with E-state index >= 15 is 4.39 Å². The fourth-order valence-electron chi connectivity index (χ4n) is 4.33. The lowest BCUT2D eigenvalue weighted by atomic mass is 10.1. The number of hydrogen-bond donors (Lipinski definition) is 2. The number of hydrogen-bond acceptors (Lipinski definition) is 8. The van der Waals surface area contributed by atoms with Crippen molar-refractivity contribution in [1.29, 1.82) is 0 Å². The Bertz CT molecular complexity index is 1810. The van der Waals surface area contributed by atoms with Crippen molar-refractivity contribution in [3.05, 3.63) is 84.7 Å². The lowest BCUT2D eigenvalue weighted by Crippen LogP contribution is -2.09. The normalized spacial score (nSPS) is 11.1. The van der Waals surface area contributed by atoms with Gasteiger partial charge in [-0.1, -0.05) is 6.58 Å². The molecule has 5 aromatic rings. The third-order valence-electron chi connectivity index (χ3n) is 6.06. The number of nitrogens with zero attached hydrogens (tertiary/aromatic N) is 5. The van der Waals surface area contributed by atoms with E-state index in [0.717, 1.165) is 6.08 Å². The van der Waals surface area contributed by atoms with E-state index in [1.54, 1.807) is 30.5 Å². The Hall–Kier alpha value is -5.46. The zero-order valence-electron chi connectivity index (χ0n) is 21.7. The molecule has 3 N–H and O–H groups in total. The van der Waals surface area contributed by atoms with Gasteiger partial charge in [-0.15, -0.1) is 0 Å². The van der Waals surface area contributed by atoms with Crippen molar-refractivity contribution in [2.45, 2.75) is 20.5 Å². The number of benzene rings is 2. The van der Waals surface area contributed by atoms with Gasteiger partial charge in [0.05, 0.1) is 11.2 Å². The summed E-state index contributed by atoms with van der Waals surface area (Å²) in [4.78, 5) is 28.3. The Labute approximate surface area is 231 Å². The van der Waals surface area contributed by atoms with Gasteiger partial charge < -0.3 is 25.1 Å². The molecule has 10 nitrogen and oxygen atoms in total. The molecule has 5 rings (SSSR count). The molecule has 1 amide bonds. The van der Waals surface area contributed by atoms with E-state index in [0.29, 0.717) is 28.0 Å². The molecule has 0 saturated carbocycles. The maximum Gasteiger partial charge on any atom is 0.387 e. The molecular weight excluding hydrogens is 539 g/mol. The third-order valence-corrected chi connectivity index (χ3v) is 6.06. The quantitative estimate of drug-likeness (QED) is 0.230. The van der Waals surface area contributed by atoms with Gasteiger partial charge in [-0.25, -0.2) is 24.3 Å². The predicted molar refractivity (Wildman–Crippen MR) is 146 cm³/mol. The highest BCUT2D eigenvalue weighted by Gasteiger charge is 2.25. The van der Waals surface area contributed by atoms with E-state index in [1.807, 2.05) is 0 Å². The SMILES string of the molecule is C=CC(=O)Nc1ccc(-c2c(C)c3ncnc(N)c3n2-c2ccc(Oc3nccc(C)n3)c(F)c2)c(OC(F)F)c1. The average Bonchev–Trinajstić information content (AvgIpc) is 3.23. The number of nitrogens with two attached hydrogens (primary N) is 1. The Morgan fingerprint density at radius 3 is 2.61 bits per heavy atom. The van der Waals surface area contributed by atoms with Crippen molar-refractivity contribution in [3.63, 3.8) is 0 Å². The van der Waals surface area contributed by atoms with Gasteiger partial charge in [0.15, 0.2) is 17.4 Å². The van der Waals surface area contributed by atoms with E-state index < -0.39 is 18.3 Å². The van der Waals surface area contributed by atoms with Crippen LogP contribution in [-0.2, 0) is 4.79 Å². The van der Waals surface area contributed by atoms with Crippen LogP contribution in [-0.4, -0.2) is 37.0 Å². The van der Waals surface area contributed by atoms with Crippen LogP contribution < -0.4 is 20.5 Å². The Morgan fingerprint density at radius 2 is 1.90 bits per heavy atom. The number of fused-ring (bicyclic) bond motifs is 1. The van der Waals surface area contributed by atoms with Gasteiger partial charge in [-0.05, 0) is 50.3 Å². The van der Waals surface area contributed by atoms with E-state index in [9.17, 15) is 13.6 Å². The largest absolute Gasteiger partial charge is 0.434 e. The summed E-state index contributed by atoms with van der Waals surface area (Å²) in [6.45, 7) is 3.66. The minimum Gasteiger partial charge on any atom is -0.434 e. The number of rotatable bonds is 8. The highest BCUT2D eigenvalue weighted by molar-refractivity contribution is 6.00. The fourth-order valence-corrected chi connectivity index (χ4v) is 4.33. The number of anilines is 2. The molecule has 0 radical (unpaired) electrons. The molecule has 0 unspecified atom stereocenters. The fraction of sp³-hybridized carbons (Fsp3) is 0.107. The van der Waals surface area contributed by atoms with Crippen LogP contribution in [0.5, 0.6) is 17.5 Å². The number of alkyl halides is 2. The average molecular weight is 562 g/mol. The number of carbonyl (C=O) groups excluding carboxylic acids is 1. The zero-order chi connectivity index (χ0) is 29.3. The van der Waals surface area contributed by atoms with Crippen molar-refractivity contribution in [2.24, 2.45) is 0 Å². The Kier molecular flexibility index (Phi) is 7.25. The Balaban J connectivity index is 1.70. The lowest BCUT2D eigenvalue weighted by molar-refractivity contribution is -0.111. The van der Waals surface area contributed by atoms with Crippen molar-refractivity contribution in [2.75, 3.05) is 11.1 Å². The van der Waals surface area contributed by atoms with Crippen LogP contribution in [0.1, 0.15) is 11.3 Å². The summed E-state index contributed by atoms with van der Waals surface area (Å²) in [6, 6.07) is 10.00. The highest BCUT2D eigenvalue weighted by atomic mass is 19.3. The lowest BCUT2D eigenvalue weighted by Gasteiger charge is -2.17. The smallest absolute Gasteiger partial charge is 0.387 e. The number of aryl methyl sites for hydroxylation is 2. The van der Waals surface area contributed by atoms with Gasteiger partial charge >= 0.3 is 12.6 Å². The predicted octanol–water partition coefficient (Wildman–Crippen LogP) is 5.73. The summed E-state index contributed by atoms with van der Waals surface area (Å²) < 4.78 is 54.4. The standard InChI is InChI=1S/C28H22F3N7O3/c1-4-22(39)37-16-5-7-18(21(11-16)40-27(30)31)24-15(3)23-25(26(32)35-13-34-23)38(24)17-6-8-20(19(29)12-17)41-28-33-10-9-14(2)36-28/h4-13,27H,1H2,2-3H3,(H,37,39)(H2,32,34,35). The van der Waals surface area contributed by atoms with Crippen LogP contribution in [0.4, 0.5) is 24.7 Å². The first-order valence-corrected chi connectivity index (χ1v) is 12.1. The summed E-state index contributed by atoms with van der Waals surface area (Å²) in [6.07, 6.45) is 3.79. The van der Waals surface area contributed by atoms with Crippen molar-refractivity contribution in [1.82, 2.24) is 24.5 Å². The first-order chi connectivity index (χ1) is 19.7. The first kappa shape index (κ1) is 27.1. The van der Waals surface area contributed by atoms with Gasteiger partial charge in [0, 0.05) is 46.5 Å². The van der Waals surface area contributed by atoms with Crippen molar-refractivity contribution < 1.29 is 27.4 Å². The number of halogens is 3. The second kappa shape index (κ2) is 11.0. The summed E-state index contributed by atoms with van der Waals surface area (Å²) >= 11 is 0. The molecule has 0 aliphatic heterocycles. The molecule has 41 heavy (non-hydrogen) atoms. The molecule has 0 aliphatic rings. The molecule has 208 valence electrons. The first-order valence-electron chi connectivity index (χ1n) is 12.1. The van der Waals surface area contributed by atoms with Gasteiger partial charge in [-0.2, -0.15) is 8.78 Å². The molecule has 0 fully saturated rings. The number of nitrogen functional groups attached to an aromatic ring is 1. The van der Waals surface area contributed by atoms with Crippen LogP contribution >= 0.6 is 0 Å². The molecular formula is C28H22F3N7O3. The second-order valence-electron chi connectivity index (χ2n) is 8.75. The maximum atomic E-state index is 15.4. The maximum absolute atomic E-state index is 15.4. The summed E-state index contributed by atoms with van der Waals surface area (Å²) in [7, 11) is 0. The van der Waals surface area contributed by atoms with Gasteiger partial charge in [0.2, 0.25) is 5.91 Å². The minimum absolute atomic E-state index is 0.0327. The van der Waals surface area contributed by atoms with Crippen LogP contribution in [0, 0.1) is 19.7 Å². The van der Waals surface area contributed by atoms with Crippen LogP contribution in [0.3, 0.4) is 0 Å². The minimum atomic E-state index is -3.18. The number of amides is 1. The van der Waals surface area contributed by atoms with Crippen molar-refractivity contribution in [3.8, 4) is 34.5 Å². The highest BCUT2D eigenvalue weighted by Crippen LogP contribution is 2.42. The zero-order valence-corrected chi connectivity index (χ0v) is 21.7. The molecule has 0 atom stereocenters. The van der Waals surface area contributed by atoms with E-state index in [4.69, 9.17) is 15.2 Å². The van der Waals surface area contributed by atoms with Crippen LogP contribution in [0.2, 0.25) is 0 Å². The monoisotopic (exact) mass is 561 g/mol. The molecule has 3 aromatic heterocycles.